The van der Waals surface area contributed by atoms with Crippen molar-refractivity contribution in [1.82, 2.24) is 41.7 Å². The van der Waals surface area contributed by atoms with E-state index in [1.165, 1.54) is 30.6 Å². The van der Waals surface area contributed by atoms with E-state index in [4.69, 9.17) is 63.5 Å². The van der Waals surface area contributed by atoms with E-state index in [2.05, 4.69) is 31.9 Å². The van der Waals surface area contributed by atoms with E-state index in [1.54, 1.807) is 20.8 Å². The summed E-state index contributed by atoms with van der Waals surface area (Å²) in [5.74, 6) is -3.57. The van der Waals surface area contributed by atoms with Crippen LogP contribution < -0.4 is 31.9 Å². The molecule has 16 atom stereocenters. The van der Waals surface area contributed by atoms with Gasteiger partial charge < -0.3 is 139 Å². The highest BCUT2D eigenvalue weighted by Crippen LogP contribution is 2.47. The predicted octanol–water partition coefficient (Wildman–Crippen LogP) is -7.60. The average molecular weight is 1390 g/mol. The molecular formula is C55H101N8O28PS. The fourth-order valence-electron chi connectivity index (χ4n) is 9.61. The Kier molecular flexibility index (Phi) is 39.5. The standard InChI is InChI=1S/C55H101N8O28PS/c1-33(67)59-43-49(77)46(74)36(30-64)88-52(43)84-24-21-81-18-12-56-39(70)27-62(28-40(71)57-13-19-82-22-25-85-53-44(60-34(2)68)50(78)47(75)37(31-65)89-53)15-10-16-63(42(73)11-8-7-9-17-87-92(80,93)91-55(4,5)6)29-41(72)58-14-20-83-23-26-86-54-45(61-35(3)69)51(79)48(76)38(32-66)90-54/h36-38,43-54,64-66,74-79H,7-32H2,1-6H3,(H,56,70)(H,57,71)(H,58,72)(H,59,67)(H,60,68)(H,61,69)(H,80,93). The molecule has 3 aliphatic rings. The molecule has 0 saturated carbocycles. The first-order valence-corrected chi connectivity index (χ1v) is 33.3. The maximum absolute atomic E-state index is 13.8. The molecule has 0 aromatic carbocycles. The molecule has 0 radical (unpaired) electrons. The number of carbonyl (C=O) groups is 7. The fourth-order valence-corrected chi connectivity index (χ4v) is 11.6. The minimum absolute atomic E-state index is 0.00173. The van der Waals surface area contributed by atoms with Crippen molar-refractivity contribution >= 4 is 59.9 Å². The van der Waals surface area contributed by atoms with Gasteiger partial charge in [-0.25, -0.2) is 0 Å². The van der Waals surface area contributed by atoms with E-state index in [0.717, 1.165) is 0 Å². The zero-order chi connectivity index (χ0) is 69.3. The van der Waals surface area contributed by atoms with Crippen LogP contribution in [0.2, 0.25) is 0 Å². The number of unbranched alkanes of at least 4 members (excludes halogenated alkanes) is 2. The smallest absolute Gasteiger partial charge is 0.325 e. The van der Waals surface area contributed by atoms with Crippen molar-refractivity contribution in [3.05, 3.63) is 0 Å². The summed E-state index contributed by atoms with van der Waals surface area (Å²) in [4.78, 5) is 103. The zero-order valence-electron chi connectivity index (χ0n) is 53.6. The quantitative estimate of drug-likeness (QED) is 0.0199. The topological polar surface area (TPSA) is 502 Å². The summed E-state index contributed by atoms with van der Waals surface area (Å²) >= 11 is 5.10. The summed E-state index contributed by atoms with van der Waals surface area (Å²) in [6, 6.07) is -3.48. The molecule has 7 amide bonds. The van der Waals surface area contributed by atoms with Crippen LogP contribution in [-0.4, -0.2) is 338 Å². The van der Waals surface area contributed by atoms with Gasteiger partial charge in [-0.15, -0.1) is 0 Å². The maximum Gasteiger partial charge on any atom is 0.325 e. The van der Waals surface area contributed by atoms with Crippen LogP contribution >= 0.6 is 6.72 Å². The summed E-state index contributed by atoms with van der Waals surface area (Å²) < 4.78 is 61.3. The van der Waals surface area contributed by atoms with E-state index in [9.17, 15) is 84.4 Å². The van der Waals surface area contributed by atoms with Crippen molar-refractivity contribution in [2.45, 2.75) is 171 Å². The van der Waals surface area contributed by atoms with Crippen LogP contribution in [0.3, 0.4) is 0 Å². The van der Waals surface area contributed by atoms with Crippen LogP contribution in [-0.2, 0) is 97.0 Å². The lowest BCUT2D eigenvalue weighted by atomic mass is 9.97. The van der Waals surface area contributed by atoms with Gasteiger partial charge in [0.05, 0.1) is 111 Å². The normalized spacial score (nSPS) is 27.2. The van der Waals surface area contributed by atoms with E-state index >= 15 is 0 Å². The summed E-state index contributed by atoms with van der Waals surface area (Å²) in [5.41, 5.74) is -0.742. The van der Waals surface area contributed by atoms with Gasteiger partial charge in [0, 0.05) is 59.9 Å². The zero-order valence-corrected chi connectivity index (χ0v) is 55.3. The molecule has 0 aliphatic carbocycles. The van der Waals surface area contributed by atoms with Gasteiger partial charge in [-0.3, -0.25) is 38.5 Å². The van der Waals surface area contributed by atoms with Crippen LogP contribution in [0.1, 0.15) is 73.6 Å². The first kappa shape index (κ1) is 83.3. The molecule has 0 spiro atoms. The van der Waals surface area contributed by atoms with Gasteiger partial charge in [0.1, 0.15) is 73.1 Å². The van der Waals surface area contributed by atoms with Crippen LogP contribution in [0.5, 0.6) is 0 Å². The number of nitrogens with one attached hydrogen (secondary N) is 6. The highest BCUT2D eigenvalue weighted by Gasteiger charge is 2.48. The summed E-state index contributed by atoms with van der Waals surface area (Å²) in [5, 5.41) is 107. The van der Waals surface area contributed by atoms with Gasteiger partial charge >= 0.3 is 6.72 Å². The van der Waals surface area contributed by atoms with Gasteiger partial charge in [0.2, 0.25) is 41.4 Å². The number of hydrogen-bond acceptors (Lipinski definition) is 29. The van der Waals surface area contributed by atoms with Crippen LogP contribution in [0.4, 0.5) is 0 Å². The Hall–Kier alpha value is -3.94. The number of ether oxygens (including phenoxy) is 9. The van der Waals surface area contributed by atoms with Crippen LogP contribution in [0.15, 0.2) is 0 Å². The highest BCUT2D eigenvalue weighted by molar-refractivity contribution is 8.07. The SMILES string of the molecule is CC(=O)NC1C(OCCOCCNC(=O)CN(CCCN(CC(=O)NCCOCCOC2OC(CO)C(O)C(O)C2NC(C)=O)C(=O)CCCCCOP(O)(=S)OC(C)(C)C)CC(=O)NCCOCCOC2OC(CO)C(O)C(O)C2NC(C)=O)OC(CO)C(O)C1O. The molecule has 16 N–H and O–H groups in total. The highest BCUT2D eigenvalue weighted by atomic mass is 32.5. The lowest BCUT2D eigenvalue weighted by Gasteiger charge is -2.42. The number of nitrogens with zero attached hydrogens (tertiary/aromatic N) is 2. The molecule has 3 fully saturated rings. The maximum atomic E-state index is 13.8. The molecule has 16 unspecified atom stereocenters. The van der Waals surface area contributed by atoms with Crippen molar-refractivity contribution < 1.29 is 136 Å². The van der Waals surface area contributed by atoms with Crippen molar-refractivity contribution in [3.8, 4) is 0 Å². The van der Waals surface area contributed by atoms with Crippen molar-refractivity contribution in [2.75, 3.05) is 138 Å². The second-order valence-corrected chi connectivity index (χ2v) is 25.8. The molecule has 3 saturated heterocycles. The van der Waals surface area contributed by atoms with Gasteiger partial charge in [-0.05, 0) is 51.8 Å². The molecule has 93 heavy (non-hydrogen) atoms. The third-order valence-electron chi connectivity index (χ3n) is 14.0. The lowest BCUT2D eigenvalue weighted by molar-refractivity contribution is -0.272. The molecule has 3 aliphatic heterocycles. The second kappa shape index (κ2) is 44.1. The fraction of sp³-hybridized carbons (Fsp3) is 0.873. The molecule has 3 rings (SSSR count). The molecular weight excluding hydrogens is 1280 g/mol. The predicted molar refractivity (Wildman–Crippen MR) is 325 cm³/mol. The van der Waals surface area contributed by atoms with E-state index in [0.29, 0.717) is 19.3 Å². The number of aliphatic hydroxyl groups excluding tert-OH is 9. The van der Waals surface area contributed by atoms with Crippen LogP contribution in [0.25, 0.3) is 0 Å². The van der Waals surface area contributed by atoms with E-state index in [-0.39, 0.29) is 131 Å². The Bertz CT molecular complexity index is 2210. The monoisotopic (exact) mass is 1380 g/mol. The molecule has 36 nitrogen and oxygen atoms in total. The first-order valence-electron chi connectivity index (χ1n) is 30.8. The largest absolute Gasteiger partial charge is 0.394 e. The summed E-state index contributed by atoms with van der Waals surface area (Å²) in [7, 11) is 0. The van der Waals surface area contributed by atoms with Crippen molar-refractivity contribution in [1.29, 1.82) is 0 Å². The summed E-state index contributed by atoms with van der Waals surface area (Å²) in [6.45, 7) is 1.88. The first-order chi connectivity index (χ1) is 44.0. The van der Waals surface area contributed by atoms with Gasteiger partial charge in [0.15, 0.2) is 18.9 Å². The molecule has 38 heteroatoms. The molecule has 540 valence electrons. The molecule has 0 aromatic rings. The Morgan fingerprint density at radius 2 is 0.849 bits per heavy atom. The van der Waals surface area contributed by atoms with E-state index < -0.39 is 165 Å². The number of hydrogen-bond donors (Lipinski definition) is 16. The van der Waals surface area contributed by atoms with Crippen molar-refractivity contribution in [2.24, 2.45) is 0 Å². The number of carbonyl (C=O) groups excluding carboxylic acids is 7. The minimum atomic E-state index is -3.52. The number of aliphatic hydroxyl groups is 9. The van der Waals surface area contributed by atoms with Gasteiger partial charge in [0.25, 0.3) is 0 Å². The van der Waals surface area contributed by atoms with E-state index in [1.807, 2.05) is 0 Å². The summed E-state index contributed by atoms with van der Waals surface area (Å²) in [6.07, 6.45) is -14.9. The second-order valence-electron chi connectivity index (χ2n) is 23.0. The number of amides is 7. The third-order valence-corrected chi connectivity index (χ3v) is 15.8. The molecule has 0 bridgehead atoms. The molecule has 0 aromatic heterocycles. The average Bonchev–Trinajstić information content (AvgIpc) is 0.849. The van der Waals surface area contributed by atoms with Gasteiger partial charge in [-0.2, -0.15) is 0 Å². The van der Waals surface area contributed by atoms with Gasteiger partial charge in [-0.1, -0.05) is 6.42 Å². The minimum Gasteiger partial charge on any atom is -0.394 e. The number of rotatable bonds is 45. The Morgan fingerprint density at radius 1 is 0.484 bits per heavy atom. The Balaban J connectivity index is 1.63. The Morgan fingerprint density at radius 3 is 1.19 bits per heavy atom. The molecule has 3 heterocycles. The van der Waals surface area contributed by atoms with Crippen molar-refractivity contribution in [3.63, 3.8) is 0 Å². The lowest BCUT2D eigenvalue weighted by Crippen LogP contribution is -2.64. The van der Waals surface area contributed by atoms with Crippen LogP contribution in [0, 0.1) is 0 Å². The Labute approximate surface area is 545 Å². The third kappa shape index (κ3) is 32.3.